The van der Waals surface area contributed by atoms with Crippen LogP contribution in [0.1, 0.15) is 19.3 Å². The van der Waals surface area contributed by atoms with Crippen molar-refractivity contribution in [2.75, 3.05) is 0 Å². The van der Waals surface area contributed by atoms with E-state index in [0.717, 1.165) is 11.8 Å². The highest BCUT2D eigenvalue weighted by atomic mass is 16.5. The third kappa shape index (κ3) is 0.673. The lowest BCUT2D eigenvalue weighted by atomic mass is 9.84. The van der Waals surface area contributed by atoms with Crippen LogP contribution in [0.5, 0.6) is 0 Å². The quantitative estimate of drug-likeness (QED) is 0.511. The molecule has 1 nitrogen and oxygen atoms in total. The van der Waals surface area contributed by atoms with Crippen LogP contribution < -0.4 is 0 Å². The van der Waals surface area contributed by atoms with Gasteiger partial charge in [0.15, 0.2) is 0 Å². The molecule has 0 amide bonds. The molecule has 0 aliphatic heterocycles. The summed E-state index contributed by atoms with van der Waals surface area (Å²) < 4.78 is 5.32. The van der Waals surface area contributed by atoms with E-state index >= 15 is 0 Å². The van der Waals surface area contributed by atoms with E-state index in [4.69, 9.17) is 4.74 Å². The molecule has 1 heteroatoms. The van der Waals surface area contributed by atoms with E-state index in [0.29, 0.717) is 6.10 Å². The minimum atomic E-state index is 0.535. The first-order valence-corrected chi connectivity index (χ1v) is 3.66. The number of hydrogen-bond donors (Lipinski definition) is 0. The van der Waals surface area contributed by atoms with E-state index in [-0.39, 0.29) is 0 Å². The van der Waals surface area contributed by atoms with Gasteiger partial charge in [0.2, 0.25) is 0 Å². The molecule has 3 rings (SSSR count). The SMILES string of the molecule is C=COC1CC2CC1C2. The average Bonchev–Trinajstić information content (AvgIpc) is 2.20. The Kier molecular flexibility index (Phi) is 1.04. The second kappa shape index (κ2) is 1.76. The minimum Gasteiger partial charge on any atom is -0.498 e. The fourth-order valence-electron chi connectivity index (χ4n) is 2.09. The van der Waals surface area contributed by atoms with Gasteiger partial charge in [0.1, 0.15) is 6.10 Å². The van der Waals surface area contributed by atoms with Crippen LogP contribution in [0.15, 0.2) is 12.8 Å². The standard InChI is InChI=1S/C8H12O/c1-2-9-8-5-6-3-7(8)4-6/h2,6-8H,1,3-5H2. The lowest BCUT2D eigenvalue weighted by molar-refractivity contribution is 0.111. The number of hydrogen-bond acceptors (Lipinski definition) is 1. The van der Waals surface area contributed by atoms with Crippen molar-refractivity contribution in [2.24, 2.45) is 11.8 Å². The predicted octanol–water partition coefficient (Wildman–Crippen LogP) is 1.95. The number of rotatable bonds is 2. The van der Waals surface area contributed by atoms with E-state index in [1.807, 2.05) is 0 Å². The zero-order chi connectivity index (χ0) is 6.27. The first-order chi connectivity index (χ1) is 4.40. The average molecular weight is 124 g/mol. The fourth-order valence-corrected chi connectivity index (χ4v) is 2.09. The van der Waals surface area contributed by atoms with E-state index in [9.17, 15) is 0 Å². The molecule has 1 unspecified atom stereocenters. The van der Waals surface area contributed by atoms with Gasteiger partial charge in [0, 0.05) is 0 Å². The van der Waals surface area contributed by atoms with Gasteiger partial charge in [-0.2, -0.15) is 0 Å². The van der Waals surface area contributed by atoms with Crippen molar-refractivity contribution in [3.8, 4) is 0 Å². The third-order valence-corrected chi connectivity index (χ3v) is 2.63. The van der Waals surface area contributed by atoms with Gasteiger partial charge in [0.25, 0.3) is 0 Å². The van der Waals surface area contributed by atoms with Crippen LogP contribution in [-0.4, -0.2) is 6.10 Å². The number of fused-ring (bicyclic) bond motifs is 1. The van der Waals surface area contributed by atoms with E-state index in [1.165, 1.54) is 19.3 Å². The van der Waals surface area contributed by atoms with Crippen LogP contribution in [0, 0.1) is 11.8 Å². The maximum Gasteiger partial charge on any atom is 0.101 e. The molecule has 2 bridgehead atoms. The van der Waals surface area contributed by atoms with Crippen molar-refractivity contribution in [1.82, 2.24) is 0 Å². The molecule has 0 aromatic rings. The Morgan fingerprint density at radius 3 is 2.56 bits per heavy atom. The van der Waals surface area contributed by atoms with Gasteiger partial charge < -0.3 is 4.74 Å². The maximum absolute atomic E-state index is 5.32. The van der Waals surface area contributed by atoms with Crippen molar-refractivity contribution >= 4 is 0 Å². The molecular formula is C8H12O. The molecule has 0 heterocycles. The lowest BCUT2D eigenvalue weighted by Crippen LogP contribution is -2.17. The summed E-state index contributed by atoms with van der Waals surface area (Å²) in [6.07, 6.45) is 6.24. The summed E-state index contributed by atoms with van der Waals surface area (Å²) in [5, 5.41) is 0. The summed E-state index contributed by atoms with van der Waals surface area (Å²) in [6, 6.07) is 0. The molecule has 0 aromatic heterocycles. The first kappa shape index (κ1) is 5.33. The Labute approximate surface area is 55.7 Å². The van der Waals surface area contributed by atoms with Gasteiger partial charge in [-0.25, -0.2) is 0 Å². The molecule has 1 atom stereocenters. The van der Waals surface area contributed by atoms with Gasteiger partial charge in [-0.1, -0.05) is 6.58 Å². The van der Waals surface area contributed by atoms with Crippen molar-refractivity contribution < 1.29 is 4.74 Å². The van der Waals surface area contributed by atoms with E-state index in [1.54, 1.807) is 6.26 Å². The Morgan fingerprint density at radius 1 is 1.33 bits per heavy atom. The molecule has 3 aliphatic carbocycles. The molecule has 3 aliphatic rings. The second-order valence-electron chi connectivity index (χ2n) is 3.17. The fraction of sp³-hybridized carbons (Fsp3) is 0.750. The third-order valence-electron chi connectivity index (χ3n) is 2.63. The maximum atomic E-state index is 5.32. The summed E-state index contributed by atoms with van der Waals surface area (Å²) >= 11 is 0. The van der Waals surface area contributed by atoms with Crippen molar-refractivity contribution in [1.29, 1.82) is 0 Å². The summed E-state index contributed by atoms with van der Waals surface area (Å²) in [7, 11) is 0. The Bertz CT molecular complexity index is 125. The van der Waals surface area contributed by atoms with Crippen LogP contribution >= 0.6 is 0 Å². The topological polar surface area (TPSA) is 9.23 Å². The molecule has 9 heavy (non-hydrogen) atoms. The second-order valence-corrected chi connectivity index (χ2v) is 3.17. The highest BCUT2D eigenvalue weighted by Gasteiger charge is 2.45. The van der Waals surface area contributed by atoms with E-state index < -0.39 is 0 Å². The zero-order valence-corrected chi connectivity index (χ0v) is 5.55. The zero-order valence-electron chi connectivity index (χ0n) is 5.55. The lowest BCUT2D eigenvalue weighted by Gasteiger charge is -2.23. The summed E-state index contributed by atoms with van der Waals surface area (Å²) in [5.74, 6) is 1.88. The number of ether oxygens (including phenoxy) is 1. The van der Waals surface area contributed by atoms with Gasteiger partial charge in [-0.15, -0.1) is 0 Å². The summed E-state index contributed by atoms with van der Waals surface area (Å²) in [6.45, 7) is 3.55. The highest BCUT2D eigenvalue weighted by Crippen LogP contribution is 2.49. The van der Waals surface area contributed by atoms with Crippen molar-refractivity contribution in [3.63, 3.8) is 0 Å². The van der Waals surface area contributed by atoms with Crippen molar-refractivity contribution in [2.45, 2.75) is 25.4 Å². The predicted molar refractivity (Wildman–Crippen MR) is 35.9 cm³/mol. The molecule has 0 spiro atoms. The van der Waals surface area contributed by atoms with Gasteiger partial charge in [0.05, 0.1) is 6.26 Å². The summed E-state index contributed by atoms with van der Waals surface area (Å²) in [5.41, 5.74) is 0. The highest BCUT2D eigenvalue weighted by molar-refractivity contribution is 4.95. The van der Waals surface area contributed by atoms with Crippen molar-refractivity contribution in [3.05, 3.63) is 12.8 Å². The van der Waals surface area contributed by atoms with Crippen LogP contribution in [0.2, 0.25) is 0 Å². The molecule has 0 N–H and O–H groups in total. The Hall–Kier alpha value is -0.460. The monoisotopic (exact) mass is 124 g/mol. The van der Waals surface area contributed by atoms with Gasteiger partial charge >= 0.3 is 0 Å². The van der Waals surface area contributed by atoms with Crippen LogP contribution in [0.4, 0.5) is 0 Å². The molecule has 3 fully saturated rings. The van der Waals surface area contributed by atoms with Crippen LogP contribution in [0.3, 0.4) is 0 Å². The molecule has 0 saturated heterocycles. The first-order valence-electron chi connectivity index (χ1n) is 3.66. The summed E-state index contributed by atoms with van der Waals surface area (Å²) in [4.78, 5) is 0. The van der Waals surface area contributed by atoms with Crippen LogP contribution in [-0.2, 0) is 4.74 Å². The Balaban J connectivity index is 1.92. The smallest absolute Gasteiger partial charge is 0.101 e. The Morgan fingerprint density at radius 2 is 2.11 bits per heavy atom. The molecule has 0 aromatic carbocycles. The molecule has 3 saturated carbocycles. The molecule has 0 radical (unpaired) electrons. The van der Waals surface area contributed by atoms with E-state index in [2.05, 4.69) is 6.58 Å². The minimum absolute atomic E-state index is 0.535. The largest absolute Gasteiger partial charge is 0.498 e. The molecular weight excluding hydrogens is 112 g/mol. The van der Waals surface area contributed by atoms with Gasteiger partial charge in [-0.05, 0) is 31.1 Å². The van der Waals surface area contributed by atoms with Crippen LogP contribution in [0.25, 0.3) is 0 Å². The van der Waals surface area contributed by atoms with Gasteiger partial charge in [-0.3, -0.25) is 0 Å². The normalized spacial score (nSPS) is 46.0. The molecule has 50 valence electrons.